The highest BCUT2D eigenvalue weighted by Gasteiger charge is 2.33. The van der Waals surface area contributed by atoms with E-state index in [0.29, 0.717) is 6.10 Å². The summed E-state index contributed by atoms with van der Waals surface area (Å²) in [6.45, 7) is 12.9. The van der Waals surface area contributed by atoms with Crippen molar-refractivity contribution in [3.63, 3.8) is 0 Å². The zero-order valence-electron chi connectivity index (χ0n) is 15.7. The Bertz CT molecular complexity index is 373. The van der Waals surface area contributed by atoms with Crippen LogP contribution in [0.25, 0.3) is 0 Å². The first-order chi connectivity index (χ1) is 11.7. The largest absolute Gasteiger partial charge is 0.381 e. The molecule has 2 fully saturated rings. The van der Waals surface area contributed by atoms with Crippen LogP contribution < -0.4 is 5.32 Å². The maximum absolute atomic E-state index is 5.77. The van der Waals surface area contributed by atoms with Gasteiger partial charge in [0.05, 0.1) is 12.6 Å². The van der Waals surface area contributed by atoms with Crippen LogP contribution in [-0.4, -0.2) is 73.5 Å². The Kier molecular flexibility index (Phi) is 8.70. The fourth-order valence-corrected chi connectivity index (χ4v) is 4.74. The summed E-state index contributed by atoms with van der Waals surface area (Å²) in [6.07, 6.45) is 4.84. The van der Waals surface area contributed by atoms with Gasteiger partial charge in [-0.15, -0.1) is 0 Å². The molecular formula is C18H35N3O2S. The quantitative estimate of drug-likeness (QED) is 0.561. The van der Waals surface area contributed by atoms with Crippen molar-refractivity contribution in [2.75, 3.05) is 51.8 Å². The van der Waals surface area contributed by atoms with E-state index in [1.165, 1.54) is 0 Å². The molecule has 1 N–H and O–H groups in total. The molecule has 0 saturated carbocycles. The number of rotatable bonds is 7. The lowest BCUT2D eigenvalue weighted by atomic mass is 9.99. The van der Waals surface area contributed by atoms with E-state index in [9.17, 15) is 0 Å². The average molecular weight is 358 g/mol. The topological polar surface area (TPSA) is 46.1 Å². The number of likely N-dealkylation sites (tertiary alicyclic amines) is 1. The molecule has 2 saturated heterocycles. The van der Waals surface area contributed by atoms with Crippen LogP contribution in [0.15, 0.2) is 4.99 Å². The number of guanidine groups is 1. The smallest absolute Gasteiger partial charge is 0.193 e. The van der Waals surface area contributed by atoms with Crippen LogP contribution in [0, 0.1) is 0 Å². The predicted octanol–water partition coefficient (Wildman–Crippen LogP) is 2.76. The normalized spacial score (nSPS) is 22.6. The molecule has 2 aliphatic heterocycles. The van der Waals surface area contributed by atoms with E-state index in [1.807, 2.05) is 0 Å². The standard InChI is InChI=1S/C18H35N3O2S/c1-4-19-17(21-11-7-16(8-12-21)23-5-2)20-15-18(24-6-3)9-13-22-14-10-18/h16H,4-15H2,1-3H3,(H,19,20). The number of ether oxygens (including phenoxy) is 2. The fraction of sp³-hybridized carbons (Fsp3) is 0.944. The highest BCUT2D eigenvalue weighted by Crippen LogP contribution is 2.35. The van der Waals surface area contributed by atoms with Crippen molar-refractivity contribution < 1.29 is 9.47 Å². The van der Waals surface area contributed by atoms with E-state index >= 15 is 0 Å². The Labute approximate surface area is 151 Å². The lowest BCUT2D eigenvalue weighted by Gasteiger charge is -2.37. The summed E-state index contributed by atoms with van der Waals surface area (Å²) >= 11 is 2.06. The molecule has 0 aliphatic carbocycles. The summed E-state index contributed by atoms with van der Waals surface area (Å²) in [5, 5.41) is 3.49. The highest BCUT2D eigenvalue weighted by atomic mass is 32.2. The van der Waals surface area contributed by atoms with Gasteiger partial charge in [0.15, 0.2) is 5.96 Å². The van der Waals surface area contributed by atoms with E-state index < -0.39 is 0 Å². The first-order valence-corrected chi connectivity index (χ1v) is 10.6. The lowest BCUT2D eigenvalue weighted by Crippen LogP contribution is -2.48. The van der Waals surface area contributed by atoms with Gasteiger partial charge >= 0.3 is 0 Å². The van der Waals surface area contributed by atoms with Crippen molar-refractivity contribution in [1.82, 2.24) is 10.2 Å². The molecule has 0 aromatic carbocycles. The van der Waals surface area contributed by atoms with Gasteiger partial charge in [0.25, 0.3) is 0 Å². The lowest BCUT2D eigenvalue weighted by molar-refractivity contribution is 0.0263. The van der Waals surface area contributed by atoms with Crippen molar-refractivity contribution >= 4 is 17.7 Å². The number of hydrogen-bond acceptors (Lipinski definition) is 4. The molecule has 0 radical (unpaired) electrons. The molecule has 0 aromatic rings. The number of hydrogen-bond donors (Lipinski definition) is 1. The van der Waals surface area contributed by atoms with Crippen LogP contribution in [0.4, 0.5) is 0 Å². The third kappa shape index (κ3) is 5.81. The molecule has 2 heterocycles. The maximum Gasteiger partial charge on any atom is 0.193 e. The van der Waals surface area contributed by atoms with Gasteiger partial charge < -0.3 is 19.7 Å². The maximum atomic E-state index is 5.77. The SMILES string of the molecule is CCNC(=NCC1(SCC)CCOCC1)N1CCC(OCC)CC1. The Morgan fingerprint density at radius 3 is 2.54 bits per heavy atom. The molecule has 0 atom stereocenters. The highest BCUT2D eigenvalue weighted by molar-refractivity contribution is 8.00. The summed E-state index contributed by atoms with van der Waals surface area (Å²) in [5.41, 5.74) is 0. The zero-order valence-corrected chi connectivity index (χ0v) is 16.5. The van der Waals surface area contributed by atoms with Gasteiger partial charge in [0.1, 0.15) is 0 Å². The Hall–Kier alpha value is -0.460. The van der Waals surface area contributed by atoms with Crippen molar-refractivity contribution in [2.24, 2.45) is 4.99 Å². The number of nitrogens with one attached hydrogen (secondary N) is 1. The number of aliphatic imine (C=N–C) groups is 1. The molecule has 0 aromatic heterocycles. The minimum absolute atomic E-state index is 0.261. The van der Waals surface area contributed by atoms with Crippen LogP contribution in [-0.2, 0) is 9.47 Å². The van der Waals surface area contributed by atoms with Crippen LogP contribution in [0.5, 0.6) is 0 Å². The van der Waals surface area contributed by atoms with E-state index in [4.69, 9.17) is 14.5 Å². The summed E-state index contributed by atoms with van der Waals surface area (Å²) in [7, 11) is 0. The summed E-state index contributed by atoms with van der Waals surface area (Å²) < 4.78 is 11.6. The third-order valence-electron chi connectivity index (χ3n) is 4.85. The molecule has 0 amide bonds. The zero-order chi connectivity index (χ0) is 17.3. The Balaban J connectivity index is 1.96. The van der Waals surface area contributed by atoms with Gasteiger partial charge in [0.2, 0.25) is 0 Å². The molecule has 5 nitrogen and oxygen atoms in total. The average Bonchev–Trinajstić information content (AvgIpc) is 2.61. The van der Waals surface area contributed by atoms with Gasteiger partial charge in [-0.3, -0.25) is 4.99 Å². The third-order valence-corrected chi connectivity index (χ3v) is 6.29. The van der Waals surface area contributed by atoms with Crippen LogP contribution in [0.3, 0.4) is 0 Å². The second kappa shape index (κ2) is 10.5. The summed E-state index contributed by atoms with van der Waals surface area (Å²) in [5.74, 6) is 2.22. The number of thioether (sulfide) groups is 1. The minimum atomic E-state index is 0.261. The van der Waals surface area contributed by atoms with Gasteiger partial charge in [-0.2, -0.15) is 11.8 Å². The van der Waals surface area contributed by atoms with Gasteiger partial charge in [-0.25, -0.2) is 0 Å². The Morgan fingerprint density at radius 1 is 1.25 bits per heavy atom. The van der Waals surface area contributed by atoms with Gasteiger partial charge in [-0.05, 0) is 45.3 Å². The fourth-order valence-electron chi connectivity index (χ4n) is 3.51. The molecular weight excluding hydrogens is 322 g/mol. The predicted molar refractivity (Wildman–Crippen MR) is 103 cm³/mol. The first-order valence-electron chi connectivity index (χ1n) is 9.59. The van der Waals surface area contributed by atoms with Crippen LogP contribution >= 0.6 is 11.8 Å². The molecule has 0 spiro atoms. The van der Waals surface area contributed by atoms with Gasteiger partial charge in [-0.1, -0.05) is 6.92 Å². The molecule has 140 valence electrons. The van der Waals surface area contributed by atoms with Crippen molar-refractivity contribution in [3.05, 3.63) is 0 Å². The Morgan fingerprint density at radius 2 is 1.96 bits per heavy atom. The summed E-state index contributed by atoms with van der Waals surface area (Å²) in [6, 6.07) is 0. The van der Waals surface area contributed by atoms with Crippen molar-refractivity contribution in [2.45, 2.75) is 57.3 Å². The minimum Gasteiger partial charge on any atom is -0.381 e. The van der Waals surface area contributed by atoms with Crippen molar-refractivity contribution in [1.29, 1.82) is 0 Å². The van der Waals surface area contributed by atoms with E-state index in [1.54, 1.807) is 0 Å². The molecule has 0 unspecified atom stereocenters. The van der Waals surface area contributed by atoms with Crippen LogP contribution in [0.2, 0.25) is 0 Å². The van der Waals surface area contributed by atoms with E-state index in [0.717, 1.165) is 83.4 Å². The first kappa shape index (κ1) is 19.9. The monoisotopic (exact) mass is 357 g/mol. The van der Waals surface area contributed by atoms with Crippen molar-refractivity contribution in [3.8, 4) is 0 Å². The molecule has 2 aliphatic rings. The van der Waals surface area contributed by atoms with E-state index in [-0.39, 0.29) is 4.75 Å². The second-order valence-corrected chi connectivity index (χ2v) is 8.27. The molecule has 6 heteroatoms. The molecule has 24 heavy (non-hydrogen) atoms. The van der Waals surface area contributed by atoms with Crippen LogP contribution in [0.1, 0.15) is 46.5 Å². The van der Waals surface area contributed by atoms with Gasteiger partial charge in [0, 0.05) is 44.2 Å². The molecule has 2 rings (SSSR count). The second-order valence-electron chi connectivity index (χ2n) is 6.54. The number of nitrogens with zero attached hydrogens (tertiary/aromatic N) is 2. The number of piperidine rings is 1. The molecule has 0 bridgehead atoms. The van der Waals surface area contributed by atoms with E-state index in [2.05, 4.69) is 42.7 Å². The summed E-state index contributed by atoms with van der Waals surface area (Å²) in [4.78, 5) is 7.44.